The van der Waals surface area contributed by atoms with Gasteiger partial charge in [-0.15, -0.1) is 0 Å². The molecule has 2 rings (SSSR count). The normalized spacial score (nSPS) is 13.2. The molecule has 0 unspecified atom stereocenters. The molecular formula is C21H27NO2. The van der Waals surface area contributed by atoms with Gasteiger partial charge >= 0.3 is 0 Å². The van der Waals surface area contributed by atoms with Gasteiger partial charge in [-0.3, -0.25) is 4.79 Å². The Bertz CT molecular complexity index is 709. The highest BCUT2D eigenvalue weighted by Crippen LogP contribution is 2.21. The van der Waals surface area contributed by atoms with Crippen LogP contribution in [0.3, 0.4) is 0 Å². The van der Waals surface area contributed by atoms with Crippen molar-refractivity contribution in [2.75, 3.05) is 0 Å². The fraction of sp³-hybridized carbons (Fsp3) is 0.381. The monoisotopic (exact) mass is 325 g/mol. The maximum atomic E-state index is 12.6. The van der Waals surface area contributed by atoms with E-state index in [2.05, 4.69) is 37.4 Å². The maximum absolute atomic E-state index is 12.6. The highest BCUT2D eigenvalue weighted by molar-refractivity contribution is 5.81. The molecule has 1 amide bonds. The minimum Gasteiger partial charge on any atom is -0.480 e. The first kappa shape index (κ1) is 18.1. The molecule has 128 valence electrons. The quantitative estimate of drug-likeness (QED) is 0.840. The SMILES string of the molecule is CC[C@@H](Oc1ccccc1C)C(=O)N[C@@H](C)c1cc(C)ccc1C. The first-order valence-electron chi connectivity index (χ1n) is 8.52. The summed E-state index contributed by atoms with van der Waals surface area (Å²) in [5.41, 5.74) is 4.56. The zero-order valence-electron chi connectivity index (χ0n) is 15.2. The number of nitrogens with one attached hydrogen (secondary N) is 1. The Morgan fingerprint density at radius 1 is 1.08 bits per heavy atom. The van der Waals surface area contributed by atoms with E-state index in [9.17, 15) is 4.79 Å². The summed E-state index contributed by atoms with van der Waals surface area (Å²) in [6.45, 7) is 10.1. The van der Waals surface area contributed by atoms with E-state index in [-0.39, 0.29) is 11.9 Å². The third kappa shape index (κ3) is 4.38. The van der Waals surface area contributed by atoms with Crippen molar-refractivity contribution in [1.29, 1.82) is 0 Å². The van der Waals surface area contributed by atoms with Gasteiger partial charge in [-0.05, 0) is 56.9 Å². The lowest BCUT2D eigenvalue weighted by Crippen LogP contribution is -2.39. The number of ether oxygens (including phenoxy) is 1. The second-order valence-electron chi connectivity index (χ2n) is 6.37. The molecule has 0 fully saturated rings. The van der Waals surface area contributed by atoms with Crippen LogP contribution in [0.25, 0.3) is 0 Å². The predicted molar refractivity (Wildman–Crippen MR) is 98.4 cm³/mol. The Kier molecular flexibility index (Phi) is 6.02. The van der Waals surface area contributed by atoms with Crippen LogP contribution in [0.4, 0.5) is 0 Å². The van der Waals surface area contributed by atoms with E-state index in [1.54, 1.807) is 0 Å². The molecular weight excluding hydrogens is 298 g/mol. The summed E-state index contributed by atoms with van der Waals surface area (Å²) < 4.78 is 5.93. The van der Waals surface area contributed by atoms with Crippen molar-refractivity contribution in [2.24, 2.45) is 0 Å². The zero-order valence-corrected chi connectivity index (χ0v) is 15.2. The third-order valence-corrected chi connectivity index (χ3v) is 4.29. The number of rotatable bonds is 6. The average molecular weight is 325 g/mol. The van der Waals surface area contributed by atoms with Crippen molar-refractivity contribution in [3.05, 3.63) is 64.7 Å². The van der Waals surface area contributed by atoms with E-state index in [1.165, 1.54) is 11.1 Å². The van der Waals surface area contributed by atoms with Crippen molar-refractivity contribution in [3.8, 4) is 5.75 Å². The number of carbonyl (C=O) groups excluding carboxylic acids is 1. The predicted octanol–water partition coefficient (Wildman–Crippen LogP) is 4.65. The summed E-state index contributed by atoms with van der Waals surface area (Å²) in [5, 5.41) is 3.09. The van der Waals surface area contributed by atoms with E-state index in [0.717, 1.165) is 16.9 Å². The van der Waals surface area contributed by atoms with E-state index < -0.39 is 6.10 Å². The number of hydrogen-bond donors (Lipinski definition) is 1. The summed E-state index contributed by atoms with van der Waals surface area (Å²) in [7, 11) is 0. The Morgan fingerprint density at radius 3 is 2.46 bits per heavy atom. The van der Waals surface area contributed by atoms with Crippen LogP contribution in [0, 0.1) is 20.8 Å². The van der Waals surface area contributed by atoms with Gasteiger partial charge in [0.25, 0.3) is 5.91 Å². The number of benzene rings is 2. The highest BCUT2D eigenvalue weighted by atomic mass is 16.5. The lowest BCUT2D eigenvalue weighted by Gasteiger charge is -2.22. The van der Waals surface area contributed by atoms with E-state index in [0.29, 0.717) is 6.42 Å². The Labute approximate surface area is 145 Å². The van der Waals surface area contributed by atoms with Crippen molar-refractivity contribution >= 4 is 5.91 Å². The van der Waals surface area contributed by atoms with Crippen LogP contribution < -0.4 is 10.1 Å². The van der Waals surface area contributed by atoms with Crippen molar-refractivity contribution < 1.29 is 9.53 Å². The molecule has 0 aliphatic rings. The Balaban J connectivity index is 2.09. The second kappa shape index (κ2) is 8.00. The lowest BCUT2D eigenvalue weighted by atomic mass is 10.00. The number of hydrogen-bond acceptors (Lipinski definition) is 2. The first-order chi connectivity index (χ1) is 11.4. The molecule has 0 heterocycles. The van der Waals surface area contributed by atoms with E-state index >= 15 is 0 Å². The molecule has 2 atom stereocenters. The molecule has 0 bridgehead atoms. The number of carbonyl (C=O) groups is 1. The standard InChI is InChI=1S/C21H27NO2/c1-6-19(24-20-10-8-7-9-16(20)4)21(23)22-17(5)18-13-14(2)11-12-15(18)3/h7-13,17,19H,6H2,1-5H3,(H,22,23)/t17-,19+/m0/s1. The molecule has 3 heteroatoms. The molecule has 2 aromatic rings. The van der Waals surface area contributed by atoms with Gasteiger partial charge < -0.3 is 10.1 Å². The molecule has 24 heavy (non-hydrogen) atoms. The first-order valence-corrected chi connectivity index (χ1v) is 8.52. The summed E-state index contributed by atoms with van der Waals surface area (Å²) in [4.78, 5) is 12.6. The number of para-hydroxylation sites is 1. The van der Waals surface area contributed by atoms with Gasteiger partial charge in [0.1, 0.15) is 5.75 Å². The van der Waals surface area contributed by atoms with Gasteiger partial charge in [-0.2, -0.15) is 0 Å². The maximum Gasteiger partial charge on any atom is 0.261 e. The van der Waals surface area contributed by atoms with E-state index in [1.807, 2.05) is 45.0 Å². The topological polar surface area (TPSA) is 38.3 Å². The van der Waals surface area contributed by atoms with Crippen LogP contribution in [0.1, 0.15) is 48.6 Å². The summed E-state index contributed by atoms with van der Waals surface area (Å²) in [6, 6.07) is 14.0. The molecule has 0 aliphatic heterocycles. The van der Waals surface area contributed by atoms with Gasteiger partial charge in [0.15, 0.2) is 6.10 Å². The van der Waals surface area contributed by atoms with E-state index in [4.69, 9.17) is 4.74 Å². The molecule has 0 saturated heterocycles. The summed E-state index contributed by atoms with van der Waals surface area (Å²) in [5.74, 6) is 0.688. The minimum atomic E-state index is -0.487. The van der Waals surface area contributed by atoms with Crippen LogP contribution in [0.5, 0.6) is 5.75 Å². The van der Waals surface area contributed by atoms with Gasteiger partial charge in [-0.25, -0.2) is 0 Å². The average Bonchev–Trinajstić information content (AvgIpc) is 2.56. The highest BCUT2D eigenvalue weighted by Gasteiger charge is 2.21. The van der Waals surface area contributed by atoms with Crippen LogP contribution in [0.2, 0.25) is 0 Å². The molecule has 1 N–H and O–H groups in total. The molecule has 0 aliphatic carbocycles. The Morgan fingerprint density at radius 2 is 1.79 bits per heavy atom. The van der Waals surface area contributed by atoms with Crippen LogP contribution in [0.15, 0.2) is 42.5 Å². The van der Waals surface area contributed by atoms with Gasteiger partial charge in [0.2, 0.25) is 0 Å². The number of aryl methyl sites for hydroxylation is 3. The van der Waals surface area contributed by atoms with Crippen LogP contribution in [-0.4, -0.2) is 12.0 Å². The smallest absolute Gasteiger partial charge is 0.261 e. The molecule has 2 aromatic carbocycles. The zero-order chi connectivity index (χ0) is 17.7. The van der Waals surface area contributed by atoms with Gasteiger partial charge in [-0.1, -0.05) is 48.9 Å². The molecule has 0 spiro atoms. The van der Waals surface area contributed by atoms with Gasteiger partial charge in [0.05, 0.1) is 6.04 Å². The third-order valence-electron chi connectivity index (χ3n) is 4.29. The molecule has 0 radical (unpaired) electrons. The lowest BCUT2D eigenvalue weighted by molar-refractivity contribution is -0.128. The summed E-state index contributed by atoms with van der Waals surface area (Å²) >= 11 is 0. The van der Waals surface area contributed by atoms with Crippen molar-refractivity contribution in [2.45, 2.75) is 53.2 Å². The van der Waals surface area contributed by atoms with Gasteiger partial charge in [0, 0.05) is 0 Å². The minimum absolute atomic E-state index is 0.0491. The molecule has 3 nitrogen and oxygen atoms in total. The molecule has 0 saturated carbocycles. The molecule has 0 aromatic heterocycles. The summed E-state index contributed by atoms with van der Waals surface area (Å²) in [6.07, 6.45) is 0.137. The fourth-order valence-electron chi connectivity index (χ4n) is 2.77. The Hall–Kier alpha value is -2.29. The van der Waals surface area contributed by atoms with Crippen LogP contribution in [-0.2, 0) is 4.79 Å². The number of amides is 1. The fourth-order valence-corrected chi connectivity index (χ4v) is 2.77. The second-order valence-corrected chi connectivity index (χ2v) is 6.37. The van der Waals surface area contributed by atoms with Crippen LogP contribution >= 0.6 is 0 Å². The largest absolute Gasteiger partial charge is 0.480 e. The van der Waals surface area contributed by atoms with Crippen molar-refractivity contribution in [1.82, 2.24) is 5.32 Å². The van der Waals surface area contributed by atoms with Crippen molar-refractivity contribution in [3.63, 3.8) is 0 Å².